The van der Waals surface area contributed by atoms with Crippen LogP contribution < -0.4 is 10.1 Å². The molecule has 1 aromatic rings. The van der Waals surface area contributed by atoms with E-state index in [0.717, 1.165) is 30.4 Å². The molecule has 0 saturated heterocycles. The maximum absolute atomic E-state index is 12.1. The number of Topliss-reactive ketones (excluding diaryl/α,β-unsaturated/α-hetero) is 1. The van der Waals surface area contributed by atoms with Gasteiger partial charge in [-0.25, -0.2) is 4.98 Å². The summed E-state index contributed by atoms with van der Waals surface area (Å²) < 4.78 is 31.4. The minimum Gasteiger partial charge on any atom is -0.467 e. The van der Waals surface area contributed by atoms with Gasteiger partial charge in [0.2, 0.25) is 0 Å². The van der Waals surface area contributed by atoms with E-state index in [1.165, 1.54) is 6.20 Å². The fraction of sp³-hybridized carbons (Fsp3) is 0.688. The highest BCUT2D eigenvalue weighted by Gasteiger charge is 2.56. The fourth-order valence-corrected chi connectivity index (χ4v) is 4.57. The molecule has 1 aromatic heterocycles. The third kappa shape index (κ3) is 5.47. The van der Waals surface area contributed by atoms with Crippen molar-refractivity contribution in [3.05, 3.63) is 11.1 Å². The molecule has 11 heteroatoms. The number of fused-ring (bicyclic) bond motifs is 1. The molecule has 2 aliphatic carbocycles. The number of amides is 1. The van der Waals surface area contributed by atoms with Crippen molar-refractivity contribution in [2.75, 3.05) is 26.0 Å². The molecule has 4 unspecified atom stereocenters. The van der Waals surface area contributed by atoms with E-state index < -0.39 is 22.8 Å². The van der Waals surface area contributed by atoms with Crippen LogP contribution in [0, 0.1) is 17.8 Å². The summed E-state index contributed by atoms with van der Waals surface area (Å²) in [4.78, 5) is 28.0. The molecule has 0 spiro atoms. The van der Waals surface area contributed by atoms with E-state index in [1.54, 1.807) is 0 Å². The Kier molecular flexibility index (Phi) is 6.14. The van der Waals surface area contributed by atoms with Crippen LogP contribution in [-0.4, -0.2) is 62.3 Å². The van der Waals surface area contributed by atoms with Crippen molar-refractivity contribution in [1.29, 1.82) is 0 Å². The first-order valence-corrected chi connectivity index (χ1v) is 11.3. The normalized spacial score (nSPS) is 25.1. The predicted octanol–water partition coefficient (Wildman–Crippen LogP) is 0.204. The summed E-state index contributed by atoms with van der Waals surface area (Å²) in [6.07, 6.45) is 3.63. The van der Waals surface area contributed by atoms with Crippen molar-refractivity contribution in [3.8, 4) is 5.19 Å². The second-order valence-electron chi connectivity index (χ2n) is 6.85. The van der Waals surface area contributed by atoms with E-state index in [9.17, 15) is 23.1 Å². The molecule has 0 aliphatic heterocycles. The number of aromatic nitrogens is 1. The van der Waals surface area contributed by atoms with E-state index in [2.05, 4.69) is 14.5 Å². The monoisotopic (exact) mass is 418 g/mol. The number of hydrogen-bond acceptors (Lipinski definition) is 9. The van der Waals surface area contributed by atoms with Crippen molar-refractivity contribution in [3.63, 3.8) is 0 Å². The summed E-state index contributed by atoms with van der Waals surface area (Å²) >= 11 is 1.03. The van der Waals surface area contributed by atoms with Crippen LogP contribution in [-0.2, 0) is 19.1 Å². The Morgan fingerprint density at radius 1 is 1.48 bits per heavy atom. The molecular formula is C16H22N2O7S2. The van der Waals surface area contributed by atoms with Crippen LogP contribution in [0.25, 0.3) is 0 Å². The van der Waals surface area contributed by atoms with Crippen molar-refractivity contribution in [2.24, 2.45) is 17.8 Å². The number of aliphatic hydroxyl groups excluding tert-OH is 1. The van der Waals surface area contributed by atoms with Crippen molar-refractivity contribution in [2.45, 2.75) is 25.4 Å². The molecule has 27 heavy (non-hydrogen) atoms. The molecule has 0 aromatic carbocycles. The molecule has 0 bridgehead atoms. The minimum absolute atomic E-state index is 0.195. The maximum atomic E-state index is 12.1. The lowest BCUT2D eigenvalue weighted by molar-refractivity contribution is -0.119. The molecule has 4 atom stereocenters. The molecule has 2 aliphatic rings. The van der Waals surface area contributed by atoms with Gasteiger partial charge in [-0.2, -0.15) is 8.42 Å². The lowest BCUT2D eigenvalue weighted by Crippen LogP contribution is -2.25. The smallest absolute Gasteiger partial charge is 0.273 e. The molecular weight excluding hydrogens is 396 g/mol. The lowest BCUT2D eigenvalue weighted by atomic mass is 10.1. The summed E-state index contributed by atoms with van der Waals surface area (Å²) in [5.41, 5.74) is 0. The Balaban J connectivity index is 1.35. The Morgan fingerprint density at radius 2 is 2.26 bits per heavy atom. The van der Waals surface area contributed by atoms with Crippen LogP contribution in [0.15, 0.2) is 6.20 Å². The number of nitrogens with zero attached hydrogens (tertiary/aromatic N) is 1. The quantitative estimate of drug-likeness (QED) is 0.515. The van der Waals surface area contributed by atoms with Crippen LogP contribution in [0.5, 0.6) is 5.19 Å². The summed E-state index contributed by atoms with van der Waals surface area (Å²) in [6, 6.07) is 0. The molecule has 2 saturated carbocycles. The second-order valence-corrected chi connectivity index (χ2v) is 9.48. The van der Waals surface area contributed by atoms with Gasteiger partial charge in [-0.05, 0) is 24.7 Å². The van der Waals surface area contributed by atoms with Crippen molar-refractivity contribution >= 4 is 33.1 Å². The molecule has 1 heterocycles. The van der Waals surface area contributed by atoms with Gasteiger partial charge in [0.1, 0.15) is 23.4 Å². The average molecular weight is 418 g/mol. The number of nitrogens with one attached hydrogen (secondary N) is 1. The van der Waals surface area contributed by atoms with Crippen molar-refractivity contribution < 1.29 is 32.0 Å². The zero-order valence-corrected chi connectivity index (χ0v) is 16.4. The number of ether oxygens (including phenoxy) is 1. The van der Waals surface area contributed by atoms with Gasteiger partial charge in [-0.3, -0.25) is 13.8 Å². The van der Waals surface area contributed by atoms with Crippen molar-refractivity contribution in [1.82, 2.24) is 10.3 Å². The molecule has 1 amide bonds. The molecule has 3 rings (SSSR count). The fourth-order valence-electron chi connectivity index (χ4n) is 3.47. The van der Waals surface area contributed by atoms with Gasteiger partial charge in [0, 0.05) is 18.9 Å². The number of ketones is 1. The van der Waals surface area contributed by atoms with Crippen LogP contribution in [0.1, 0.15) is 28.9 Å². The SMILES string of the molecule is CS(=O)(=O)OCC(O)COc1ncc(C(=O)NCCC2C3CCC(=O)C23)s1. The van der Waals surface area contributed by atoms with Gasteiger partial charge in [0.05, 0.1) is 19.1 Å². The first-order valence-electron chi connectivity index (χ1n) is 8.66. The van der Waals surface area contributed by atoms with E-state index in [1.807, 2.05) is 0 Å². The largest absolute Gasteiger partial charge is 0.467 e. The third-order valence-electron chi connectivity index (χ3n) is 4.77. The number of carbonyl (C=O) groups excluding carboxylic acids is 2. The molecule has 2 fully saturated rings. The summed E-state index contributed by atoms with van der Waals surface area (Å²) in [5, 5.41) is 12.6. The maximum Gasteiger partial charge on any atom is 0.273 e. The molecule has 9 nitrogen and oxygen atoms in total. The Bertz CT molecular complexity index is 807. The van der Waals surface area contributed by atoms with Gasteiger partial charge < -0.3 is 15.2 Å². The zero-order valence-electron chi connectivity index (χ0n) is 14.8. The van der Waals surface area contributed by atoms with Gasteiger partial charge in [-0.1, -0.05) is 11.3 Å². The minimum atomic E-state index is -3.63. The van der Waals surface area contributed by atoms with Crippen LogP contribution in [0.2, 0.25) is 0 Å². The van der Waals surface area contributed by atoms with E-state index in [4.69, 9.17) is 4.74 Å². The van der Waals surface area contributed by atoms with Crippen LogP contribution in [0.4, 0.5) is 0 Å². The van der Waals surface area contributed by atoms with E-state index >= 15 is 0 Å². The number of hydrogen-bond donors (Lipinski definition) is 2. The Hall–Kier alpha value is -1.56. The van der Waals surface area contributed by atoms with E-state index in [-0.39, 0.29) is 23.6 Å². The lowest BCUT2D eigenvalue weighted by Gasteiger charge is -2.09. The van der Waals surface area contributed by atoms with Gasteiger partial charge in [-0.15, -0.1) is 0 Å². The predicted molar refractivity (Wildman–Crippen MR) is 96.1 cm³/mol. The summed E-state index contributed by atoms with van der Waals surface area (Å²) in [5.74, 6) is 1.27. The summed E-state index contributed by atoms with van der Waals surface area (Å²) in [7, 11) is -3.63. The van der Waals surface area contributed by atoms with Crippen LogP contribution in [0.3, 0.4) is 0 Å². The first kappa shape index (κ1) is 20.2. The number of thiazole rings is 1. The van der Waals surface area contributed by atoms with Crippen LogP contribution >= 0.6 is 11.3 Å². The average Bonchev–Trinajstić information content (AvgIpc) is 2.93. The number of carbonyl (C=O) groups is 2. The highest BCUT2D eigenvalue weighted by Crippen LogP contribution is 2.56. The molecule has 150 valence electrons. The summed E-state index contributed by atoms with van der Waals surface area (Å²) in [6.45, 7) is -0.106. The zero-order chi connectivity index (χ0) is 19.6. The Morgan fingerprint density at radius 3 is 2.93 bits per heavy atom. The van der Waals surface area contributed by atoms with E-state index in [0.29, 0.717) is 35.5 Å². The highest BCUT2D eigenvalue weighted by atomic mass is 32.2. The first-order chi connectivity index (χ1) is 12.7. The number of aliphatic hydroxyl groups is 1. The standard InChI is InChI=1S/C16H22N2O7S2/c1-27(22,23)25-8-9(19)7-24-16-18-6-13(26-16)15(21)17-5-4-11-10-2-3-12(20)14(10)11/h6,9-11,14,19H,2-5,7-8H2,1H3,(H,17,21). The van der Waals surface area contributed by atoms with Gasteiger partial charge in [0.25, 0.3) is 21.2 Å². The third-order valence-corrected chi connectivity index (χ3v) is 6.25. The topological polar surface area (TPSA) is 132 Å². The highest BCUT2D eigenvalue weighted by molar-refractivity contribution is 7.85. The molecule has 0 radical (unpaired) electrons. The second kappa shape index (κ2) is 8.21. The van der Waals surface area contributed by atoms with Gasteiger partial charge >= 0.3 is 0 Å². The Labute approximate surface area is 161 Å². The molecule has 2 N–H and O–H groups in total. The number of rotatable bonds is 10. The van der Waals surface area contributed by atoms with Gasteiger partial charge in [0.15, 0.2) is 0 Å².